The minimum atomic E-state index is -0.428. The Bertz CT molecular complexity index is 288. The van der Waals surface area contributed by atoms with Gasteiger partial charge in [0.1, 0.15) is 5.75 Å². The highest BCUT2D eigenvalue weighted by Crippen LogP contribution is 2.10. The van der Waals surface area contributed by atoms with Crippen molar-refractivity contribution in [1.82, 2.24) is 0 Å². The standard InChI is InChI=1S/C10H11O3/c1-7(2)13-10(12)8-3-5-9(11)6-4-8/h3-7,11H,1H2,2H3/t7-/m1/s1. The lowest BCUT2D eigenvalue weighted by molar-refractivity contribution is 0.0420. The van der Waals surface area contributed by atoms with Crippen molar-refractivity contribution in [2.75, 3.05) is 0 Å². The SMILES string of the molecule is [CH2][C@H](C)OC(=O)c1ccc(O)cc1. The zero-order valence-corrected chi connectivity index (χ0v) is 7.36. The molecule has 0 fully saturated rings. The Labute approximate surface area is 77.0 Å². The van der Waals surface area contributed by atoms with Crippen LogP contribution in [0, 0.1) is 6.92 Å². The second-order valence-electron chi connectivity index (χ2n) is 2.76. The molecule has 0 saturated heterocycles. The molecule has 1 aromatic rings. The van der Waals surface area contributed by atoms with Crippen LogP contribution >= 0.6 is 0 Å². The van der Waals surface area contributed by atoms with Crippen molar-refractivity contribution < 1.29 is 14.6 Å². The number of carbonyl (C=O) groups excluding carboxylic acids is 1. The summed E-state index contributed by atoms with van der Waals surface area (Å²) in [7, 11) is 0. The van der Waals surface area contributed by atoms with E-state index in [1.165, 1.54) is 24.3 Å². The first-order valence-electron chi connectivity index (χ1n) is 3.92. The third kappa shape index (κ3) is 2.78. The fourth-order valence-electron chi connectivity index (χ4n) is 0.848. The number of ether oxygens (including phenoxy) is 1. The van der Waals surface area contributed by atoms with Gasteiger partial charge in [-0.15, -0.1) is 0 Å². The maximum absolute atomic E-state index is 11.2. The minimum Gasteiger partial charge on any atom is -0.508 e. The quantitative estimate of drug-likeness (QED) is 0.704. The molecule has 13 heavy (non-hydrogen) atoms. The predicted molar refractivity (Wildman–Crippen MR) is 48.3 cm³/mol. The fourth-order valence-corrected chi connectivity index (χ4v) is 0.848. The average molecular weight is 179 g/mol. The number of rotatable bonds is 2. The molecule has 0 bridgehead atoms. The number of hydrogen-bond acceptors (Lipinski definition) is 3. The Balaban J connectivity index is 2.72. The van der Waals surface area contributed by atoms with Crippen LogP contribution in [0.4, 0.5) is 0 Å². The van der Waals surface area contributed by atoms with E-state index in [-0.39, 0.29) is 11.9 Å². The second-order valence-corrected chi connectivity index (χ2v) is 2.76. The first-order chi connectivity index (χ1) is 6.09. The Hall–Kier alpha value is -1.51. The van der Waals surface area contributed by atoms with Crippen molar-refractivity contribution in [3.05, 3.63) is 36.8 Å². The van der Waals surface area contributed by atoms with E-state index in [2.05, 4.69) is 6.92 Å². The molecule has 1 aromatic carbocycles. The van der Waals surface area contributed by atoms with Crippen LogP contribution in [0.5, 0.6) is 5.75 Å². The van der Waals surface area contributed by atoms with E-state index >= 15 is 0 Å². The maximum Gasteiger partial charge on any atom is 0.338 e. The highest BCUT2D eigenvalue weighted by Gasteiger charge is 2.07. The van der Waals surface area contributed by atoms with Gasteiger partial charge in [-0.25, -0.2) is 4.79 Å². The van der Waals surface area contributed by atoms with Gasteiger partial charge in [-0.3, -0.25) is 0 Å². The summed E-state index contributed by atoms with van der Waals surface area (Å²) in [5.74, 6) is -0.304. The van der Waals surface area contributed by atoms with Crippen molar-refractivity contribution in [2.24, 2.45) is 0 Å². The molecule has 0 aliphatic rings. The maximum atomic E-state index is 11.2. The summed E-state index contributed by atoms with van der Waals surface area (Å²) >= 11 is 0. The molecule has 3 nitrogen and oxygen atoms in total. The van der Waals surface area contributed by atoms with Gasteiger partial charge in [-0.05, 0) is 38.1 Å². The predicted octanol–water partition coefficient (Wildman–Crippen LogP) is 1.77. The Morgan fingerprint density at radius 1 is 1.46 bits per heavy atom. The van der Waals surface area contributed by atoms with Gasteiger partial charge in [0.25, 0.3) is 0 Å². The molecule has 0 aliphatic heterocycles. The van der Waals surface area contributed by atoms with Crippen LogP contribution in [0.2, 0.25) is 0 Å². The van der Waals surface area contributed by atoms with Gasteiger partial charge in [0.15, 0.2) is 0 Å². The first kappa shape index (κ1) is 9.58. The summed E-state index contributed by atoms with van der Waals surface area (Å²) in [6, 6.07) is 5.87. The van der Waals surface area contributed by atoms with Crippen molar-refractivity contribution >= 4 is 5.97 Å². The third-order valence-electron chi connectivity index (χ3n) is 1.41. The Morgan fingerprint density at radius 2 is 2.00 bits per heavy atom. The number of carbonyl (C=O) groups is 1. The normalized spacial score (nSPS) is 10.1. The second kappa shape index (κ2) is 3.94. The molecule has 1 rings (SSSR count). The van der Waals surface area contributed by atoms with Crippen LogP contribution in [0.3, 0.4) is 0 Å². The van der Waals surface area contributed by atoms with Crippen LogP contribution in [0.15, 0.2) is 24.3 Å². The topological polar surface area (TPSA) is 46.5 Å². The zero-order valence-electron chi connectivity index (χ0n) is 7.36. The number of aromatic hydroxyl groups is 1. The van der Waals surface area contributed by atoms with Crippen molar-refractivity contribution in [1.29, 1.82) is 0 Å². The Kier molecular flexibility index (Phi) is 2.90. The molecule has 69 valence electrons. The van der Waals surface area contributed by atoms with Gasteiger partial charge in [0.2, 0.25) is 0 Å². The number of phenolic OH excluding ortho intramolecular Hbond substituents is 1. The van der Waals surface area contributed by atoms with Crippen molar-refractivity contribution in [3.8, 4) is 5.75 Å². The number of benzene rings is 1. The van der Waals surface area contributed by atoms with Gasteiger partial charge in [0, 0.05) is 0 Å². The third-order valence-corrected chi connectivity index (χ3v) is 1.41. The van der Waals surface area contributed by atoms with Crippen molar-refractivity contribution in [2.45, 2.75) is 13.0 Å². The van der Waals surface area contributed by atoms with E-state index in [1.54, 1.807) is 6.92 Å². The molecule has 0 amide bonds. The summed E-state index contributed by atoms with van der Waals surface area (Å²) < 4.78 is 4.84. The van der Waals surface area contributed by atoms with E-state index in [4.69, 9.17) is 9.84 Å². The van der Waals surface area contributed by atoms with E-state index in [0.717, 1.165) is 0 Å². The van der Waals surface area contributed by atoms with Crippen LogP contribution in [-0.4, -0.2) is 17.2 Å². The first-order valence-corrected chi connectivity index (χ1v) is 3.92. The highest BCUT2D eigenvalue weighted by molar-refractivity contribution is 5.89. The largest absolute Gasteiger partial charge is 0.508 e. The summed E-state index contributed by atoms with van der Waals surface area (Å²) in [4.78, 5) is 11.2. The highest BCUT2D eigenvalue weighted by atomic mass is 16.5. The van der Waals surface area contributed by atoms with E-state index in [0.29, 0.717) is 5.56 Å². The van der Waals surface area contributed by atoms with Crippen LogP contribution in [-0.2, 0) is 4.74 Å². The fraction of sp³-hybridized carbons (Fsp3) is 0.200. The van der Waals surface area contributed by atoms with E-state index < -0.39 is 5.97 Å². The molecule has 0 spiro atoms. The molecular formula is C10H11O3. The van der Waals surface area contributed by atoms with Gasteiger partial charge < -0.3 is 9.84 Å². The van der Waals surface area contributed by atoms with E-state index in [1.807, 2.05) is 0 Å². The lowest BCUT2D eigenvalue weighted by atomic mass is 10.2. The van der Waals surface area contributed by atoms with Crippen LogP contribution < -0.4 is 0 Å². The van der Waals surface area contributed by atoms with Crippen molar-refractivity contribution in [3.63, 3.8) is 0 Å². The summed E-state index contributed by atoms with van der Waals surface area (Å²) in [5, 5.41) is 8.96. The molecule has 0 saturated carbocycles. The molecule has 3 heteroatoms. The molecule has 1 atom stereocenters. The molecule has 0 unspecified atom stereocenters. The van der Waals surface area contributed by atoms with Crippen LogP contribution in [0.25, 0.3) is 0 Å². The number of esters is 1. The zero-order chi connectivity index (χ0) is 9.84. The molecule has 0 aromatic heterocycles. The summed E-state index contributed by atoms with van der Waals surface area (Å²) in [5.41, 5.74) is 0.410. The molecule has 0 aliphatic carbocycles. The monoisotopic (exact) mass is 179 g/mol. The number of phenols is 1. The van der Waals surface area contributed by atoms with Gasteiger partial charge in [-0.2, -0.15) is 0 Å². The van der Waals surface area contributed by atoms with Gasteiger partial charge >= 0.3 is 5.97 Å². The molecular weight excluding hydrogens is 168 g/mol. The lowest BCUT2D eigenvalue weighted by Gasteiger charge is -2.07. The van der Waals surface area contributed by atoms with Gasteiger partial charge in [-0.1, -0.05) is 0 Å². The molecule has 0 heterocycles. The minimum absolute atomic E-state index is 0.124. The summed E-state index contributed by atoms with van der Waals surface area (Å²) in [6.45, 7) is 5.21. The smallest absolute Gasteiger partial charge is 0.338 e. The number of hydrogen-bond donors (Lipinski definition) is 1. The average Bonchev–Trinajstić information content (AvgIpc) is 2.04. The van der Waals surface area contributed by atoms with E-state index in [9.17, 15) is 4.79 Å². The molecule has 1 N–H and O–H groups in total. The van der Waals surface area contributed by atoms with Crippen LogP contribution in [0.1, 0.15) is 17.3 Å². The Morgan fingerprint density at radius 3 is 2.46 bits per heavy atom. The lowest BCUT2D eigenvalue weighted by Crippen LogP contribution is -2.11. The van der Waals surface area contributed by atoms with Gasteiger partial charge in [0.05, 0.1) is 11.7 Å². The molecule has 1 radical (unpaired) electrons. The summed E-state index contributed by atoms with van der Waals surface area (Å²) in [6.07, 6.45) is -0.374.